The summed E-state index contributed by atoms with van der Waals surface area (Å²) in [6.07, 6.45) is 3.99. The number of aromatic nitrogens is 4. The predicted molar refractivity (Wildman–Crippen MR) is 127 cm³/mol. The van der Waals surface area contributed by atoms with E-state index in [1.54, 1.807) is 11.7 Å². The zero-order chi connectivity index (χ0) is 22.2. The first kappa shape index (κ1) is 19.8. The van der Waals surface area contributed by atoms with Crippen molar-refractivity contribution < 1.29 is 4.79 Å². The minimum Gasteiger partial charge on any atom is -0.320 e. The van der Waals surface area contributed by atoms with Crippen LogP contribution in [0.25, 0.3) is 28.2 Å². The summed E-state index contributed by atoms with van der Waals surface area (Å²) in [5.74, 6) is -0.201. The van der Waals surface area contributed by atoms with Crippen molar-refractivity contribution in [2.24, 2.45) is 7.05 Å². The summed E-state index contributed by atoms with van der Waals surface area (Å²) < 4.78 is 3.63. The van der Waals surface area contributed by atoms with Gasteiger partial charge in [-0.3, -0.25) is 9.48 Å². The maximum atomic E-state index is 13.1. The number of rotatable bonds is 4. The Morgan fingerprint density at radius 2 is 1.69 bits per heavy atom. The third kappa shape index (κ3) is 3.56. The first-order chi connectivity index (χ1) is 15.5. The number of anilines is 1. The van der Waals surface area contributed by atoms with Gasteiger partial charge in [-0.15, -0.1) is 0 Å². The average Bonchev–Trinajstić information content (AvgIpc) is 3.41. The number of fused-ring (bicyclic) bond motifs is 1. The van der Waals surface area contributed by atoms with Gasteiger partial charge < -0.3 is 9.72 Å². The minimum atomic E-state index is -0.201. The van der Waals surface area contributed by atoms with Gasteiger partial charge in [0.1, 0.15) is 11.3 Å². The number of hydrogen-bond donors (Lipinski definition) is 1. The van der Waals surface area contributed by atoms with E-state index in [1.165, 1.54) is 0 Å². The summed E-state index contributed by atoms with van der Waals surface area (Å²) in [7, 11) is 1.78. The largest absolute Gasteiger partial charge is 0.320 e. The van der Waals surface area contributed by atoms with E-state index in [9.17, 15) is 4.79 Å². The summed E-state index contributed by atoms with van der Waals surface area (Å²) in [6.45, 7) is 4.02. The number of benzene rings is 2. The molecule has 0 saturated carbocycles. The molecule has 158 valence electrons. The van der Waals surface area contributed by atoms with Crippen molar-refractivity contribution in [3.8, 4) is 22.5 Å². The van der Waals surface area contributed by atoms with Gasteiger partial charge in [-0.05, 0) is 43.2 Å². The molecule has 1 amide bonds. The zero-order valence-corrected chi connectivity index (χ0v) is 18.2. The van der Waals surface area contributed by atoms with Crippen molar-refractivity contribution in [2.75, 3.05) is 5.32 Å². The number of pyridine rings is 1. The van der Waals surface area contributed by atoms with Crippen LogP contribution in [0.3, 0.4) is 0 Å². The lowest BCUT2D eigenvalue weighted by Crippen LogP contribution is -2.16. The molecular weight excluding hydrogens is 398 g/mol. The molecule has 0 bridgehead atoms. The van der Waals surface area contributed by atoms with Gasteiger partial charge in [-0.1, -0.05) is 48.5 Å². The van der Waals surface area contributed by atoms with E-state index in [0.717, 1.165) is 45.0 Å². The molecule has 0 aliphatic rings. The van der Waals surface area contributed by atoms with E-state index in [1.807, 2.05) is 97.4 Å². The predicted octanol–water partition coefficient (Wildman–Crippen LogP) is 5.27. The molecule has 0 atom stereocenters. The van der Waals surface area contributed by atoms with Crippen LogP contribution in [-0.2, 0) is 7.05 Å². The van der Waals surface area contributed by atoms with Gasteiger partial charge in [0.25, 0.3) is 5.91 Å². The first-order valence-corrected chi connectivity index (χ1v) is 10.5. The van der Waals surface area contributed by atoms with Crippen molar-refractivity contribution in [1.82, 2.24) is 19.2 Å². The molecule has 5 aromatic rings. The SMILES string of the molecule is Cc1ccc(-c2cn3cccc(C)c3n2)cc1NC(=O)c1cc(-c2ccccc2)nn1C. The van der Waals surface area contributed by atoms with Crippen molar-refractivity contribution >= 4 is 17.2 Å². The van der Waals surface area contributed by atoms with Gasteiger partial charge in [0.2, 0.25) is 0 Å². The Labute approximate surface area is 186 Å². The fraction of sp³-hybridized carbons (Fsp3) is 0.115. The molecule has 0 saturated heterocycles. The number of amides is 1. The van der Waals surface area contributed by atoms with Crippen LogP contribution in [0.5, 0.6) is 0 Å². The Kier molecular flexibility index (Phi) is 4.82. The first-order valence-electron chi connectivity index (χ1n) is 10.5. The number of imidazole rings is 1. The van der Waals surface area contributed by atoms with Crippen molar-refractivity contribution in [3.63, 3.8) is 0 Å². The van der Waals surface area contributed by atoms with Gasteiger partial charge in [-0.25, -0.2) is 4.98 Å². The summed E-state index contributed by atoms with van der Waals surface area (Å²) in [4.78, 5) is 17.9. The highest BCUT2D eigenvalue weighted by Crippen LogP contribution is 2.27. The number of hydrogen-bond acceptors (Lipinski definition) is 3. The van der Waals surface area contributed by atoms with Gasteiger partial charge in [0, 0.05) is 36.3 Å². The molecule has 2 aromatic carbocycles. The van der Waals surface area contributed by atoms with Gasteiger partial charge in [0.05, 0.1) is 11.4 Å². The highest BCUT2D eigenvalue weighted by molar-refractivity contribution is 6.04. The molecule has 6 heteroatoms. The summed E-state index contributed by atoms with van der Waals surface area (Å²) >= 11 is 0. The summed E-state index contributed by atoms with van der Waals surface area (Å²) in [5.41, 5.74) is 7.83. The molecule has 6 nitrogen and oxygen atoms in total. The van der Waals surface area contributed by atoms with Crippen LogP contribution in [0.4, 0.5) is 5.69 Å². The van der Waals surface area contributed by atoms with Crippen LogP contribution >= 0.6 is 0 Å². The lowest BCUT2D eigenvalue weighted by atomic mass is 10.1. The molecule has 1 N–H and O–H groups in total. The smallest absolute Gasteiger partial charge is 0.273 e. The molecule has 5 rings (SSSR count). The molecule has 0 spiro atoms. The standard InChI is InChI=1S/C26H23N5O/c1-17-11-12-20(23-16-31-13-7-8-18(2)25(31)27-23)14-21(17)28-26(32)24-15-22(29-30(24)3)19-9-5-4-6-10-19/h4-16H,1-3H3,(H,28,32). The third-order valence-electron chi connectivity index (χ3n) is 5.64. The molecule has 3 aromatic heterocycles. The van der Waals surface area contributed by atoms with Crippen LogP contribution < -0.4 is 5.32 Å². The topological polar surface area (TPSA) is 64.2 Å². The maximum Gasteiger partial charge on any atom is 0.273 e. The lowest BCUT2D eigenvalue weighted by Gasteiger charge is -2.10. The Balaban J connectivity index is 1.45. The van der Waals surface area contributed by atoms with Gasteiger partial charge in [0.15, 0.2) is 0 Å². The van der Waals surface area contributed by atoms with Crippen LogP contribution in [0.15, 0.2) is 79.1 Å². The van der Waals surface area contributed by atoms with E-state index in [-0.39, 0.29) is 5.91 Å². The molecule has 0 radical (unpaired) electrons. The molecule has 0 unspecified atom stereocenters. The van der Waals surface area contributed by atoms with Crippen molar-refractivity contribution in [1.29, 1.82) is 0 Å². The van der Waals surface area contributed by atoms with Crippen LogP contribution in [0.1, 0.15) is 21.6 Å². The molecule has 3 heterocycles. The fourth-order valence-electron chi connectivity index (χ4n) is 3.82. The second-order valence-corrected chi connectivity index (χ2v) is 7.94. The van der Waals surface area contributed by atoms with Crippen LogP contribution in [0.2, 0.25) is 0 Å². The monoisotopic (exact) mass is 421 g/mol. The second-order valence-electron chi connectivity index (χ2n) is 7.94. The normalized spacial score (nSPS) is 11.1. The van der Waals surface area contributed by atoms with Gasteiger partial charge in [-0.2, -0.15) is 5.10 Å². The molecule has 0 fully saturated rings. The lowest BCUT2D eigenvalue weighted by molar-refractivity contribution is 0.101. The minimum absolute atomic E-state index is 0.201. The Morgan fingerprint density at radius 1 is 0.875 bits per heavy atom. The summed E-state index contributed by atoms with van der Waals surface area (Å²) in [5, 5.41) is 7.56. The van der Waals surface area contributed by atoms with E-state index in [2.05, 4.69) is 10.4 Å². The van der Waals surface area contributed by atoms with E-state index in [0.29, 0.717) is 5.69 Å². The number of nitrogens with one attached hydrogen (secondary N) is 1. The Morgan fingerprint density at radius 3 is 2.47 bits per heavy atom. The Hall–Kier alpha value is -4.19. The number of carbonyl (C=O) groups excluding carboxylic acids is 1. The van der Waals surface area contributed by atoms with Gasteiger partial charge >= 0.3 is 0 Å². The van der Waals surface area contributed by atoms with E-state index in [4.69, 9.17) is 4.98 Å². The number of nitrogens with zero attached hydrogens (tertiary/aromatic N) is 4. The molecule has 0 aliphatic carbocycles. The van der Waals surface area contributed by atoms with Crippen molar-refractivity contribution in [2.45, 2.75) is 13.8 Å². The van der Waals surface area contributed by atoms with Crippen molar-refractivity contribution in [3.05, 3.63) is 95.9 Å². The number of aryl methyl sites for hydroxylation is 3. The average molecular weight is 422 g/mol. The second kappa shape index (κ2) is 7.81. The van der Waals surface area contributed by atoms with E-state index >= 15 is 0 Å². The zero-order valence-electron chi connectivity index (χ0n) is 18.2. The highest BCUT2D eigenvalue weighted by atomic mass is 16.2. The highest BCUT2D eigenvalue weighted by Gasteiger charge is 2.16. The number of carbonyl (C=O) groups is 1. The van der Waals surface area contributed by atoms with Crippen LogP contribution in [-0.4, -0.2) is 25.1 Å². The maximum absolute atomic E-state index is 13.1. The Bertz CT molecular complexity index is 1450. The molecule has 32 heavy (non-hydrogen) atoms. The fourth-order valence-corrected chi connectivity index (χ4v) is 3.82. The summed E-state index contributed by atoms with van der Waals surface area (Å²) in [6, 6.07) is 21.7. The molecule has 0 aliphatic heterocycles. The quantitative estimate of drug-likeness (QED) is 0.430. The molecular formula is C26H23N5O. The van der Waals surface area contributed by atoms with Crippen LogP contribution in [0, 0.1) is 13.8 Å². The van der Waals surface area contributed by atoms with E-state index < -0.39 is 0 Å². The third-order valence-corrected chi connectivity index (χ3v) is 5.64.